The summed E-state index contributed by atoms with van der Waals surface area (Å²) in [6, 6.07) is 0. The van der Waals surface area contributed by atoms with E-state index in [1.807, 2.05) is 59.8 Å². The van der Waals surface area contributed by atoms with Gasteiger partial charge in [-0.2, -0.15) is 0 Å². The Labute approximate surface area is 153 Å². The van der Waals surface area contributed by atoms with E-state index in [4.69, 9.17) is 5.11 Å². The minimum absolute atomic E-state index is 0.144. The van der Waals surface area contributed by atoms with Gasteiger partial charge in [0.1, 0.15) is 11.3 Å². The van der Waals surface area contributed by atoms with Gasteiger partial charge in [0.05, 0.1) is 0 Å². The Hall–Kier alpha value is -2.42. The summed E-state index contributed by atoms with van der Waals surface area (Å²) in [4.78, 5) is 0. The first kappa shape index (κ1) is 24.8. The molecular formula is C22H35O3+. The molecule has 4 N–H and O–H groups in total. The molecule has 0 bridgehead atoms. The van der Waals surface area contributed by atoms with Crippen molar-refractivity contribution in [2.45, 2.75) is 54.4 Å². The van der Waals surface area contributed by atoms with Crippen LogP contribution in [0.3, 0.4) is 0 Å². The lowest BCUT2D eigenvalue weighted by atomic mass is 10.1. The zero-order valence-electron chi connectivity index (χ0n) is 16.6. The Morgan fingerprint density at radius 2 is 1.80 bits per heavy atom. The molecule has 140 valence electrons. The van der Waals surface area contributed by atoms with Gasteiger partial charge in [-0.1, -0.05) is 70.2 Å². The molecule has 0 heterocycles. The van der Waals surface area contributed by atoms with E-state index >= 15 is 0 Å². The highest BCUT2D eigenvalue weighted by Gasteiger charge is 2.18. The van der Waals surface area contributed by atoms with Crippen LogP contribution in [-0.4, -0.2) is 15.3 Å². The number of hydrogen-bond donors (Lipinski definition) is 2. The van der Waals surface area contributed by atoms with Crippen LogP contribution in [0, 0.1) is 0 Å². The zero-order chi connectivity index (χ0) is 19.8. The van der Waals surface area contributed by atoms with Gasteiger partial charge in [0.25, 0.3) is 5.76 Å². The minimum Gasteiger partial charge on any atom is -0.593 e. The molecular weight excluding hydrogens is 312 g/mol. The average molecular weight is 348 g/mol. The van der Waals surface area contributed by atoms with Crippen LogP contribution in [0.25, 0.3) is 0 Å². The molecule has 0 saturated carbocycles. The third-order valence-electron chi connectivity index (χ3n) is 3.17. The summed E-state index contributed by atoms with van der Waals surface area (Å²) < 4.78 is 0. The molecule has 1 aliphatic carbocycles. The van der Waals surface area contributed by atoms with Crippen molar-refractivity contribution in [3.05, 3.63) is 83.1 Å². The number of rotatable bonds is 5. The minimum atomic E-state index is -0.242. The highest BCUT2D eigenvalue weighted by atomic mass is 16.3. The predicted molar refractivity (Wildman–Crippen MR) is 111 cm³/mol. The van der Waals surface area contributed by atoms with Crippen molar-refractivity contribution in [1.82, 2.24) is 0 Å². The van der Waals surface area contributed by atoms with Crippen LogP contribution < -0.4 is 0 Å². The quantitative estimate of drug-likeness (QED) is 0.347. The van der Waals surface area contributed by atoms with Crippen molar-refractivity contribution in [1.29, 1.82) is 0 Å². The SMILES string of the molecule is C=C/C=C\C(=C/C)C/C(O)=C(/O)C1=CC=C(C)CC=C1[OH2+].CC.CC. The molecule has 0 spiro atoms. The molecule has 1 aliphatic rings. The Morgan fingerprint density at radius 1 is 1.20 bits per heavy atom. The van der Waals surface area contributed by atoms with Crippen LogP contribution in [-0.2, 0) is 0 Å². The molecule has 0 aromatic rings. The molecule has 0 aromatic carbocycles. The third-order valence-corrected chi connectivity index (χ3v) is 3.17. The van der Waals surface area contributed by atoms with Crippen LogP contribution >= 0.6 is 0 Å². The van der Waals surface area contributed by atoms with E-state index in [1.165, 1.54) is 0 Å². The lowest BCUT2D eigenvalue weighted by Crippen LogP contribution is -1.99. The summed E-state index contributed by atoms with van der Waals surface area (Å²) >= 11 is 0. The Morgan fingerprint density at radius 3 is 2.32 bits per heavy atom. The van der Waals surface area contributed by atoms with Gasteiger partial charge in [0, 0.05) is 12.5 Å². The van der Waals surface area contributed by atoms with E-state index in [0.717, 1.165) is 11.1 Å². The zero-order valence-corrected chi connectivity index (χ0v) is 16.6. The van der Waals surface area contributed by atoms with Crippen LogP contribution in [0.5, 0.6) is 0 Å². The smallest absolute Gasteiger partial charge is 0.261 e. The van der Waals surface area contributed by atoms with Crippen molar-refractivity contribution < 1.29 is 15.3 Å². The Kier molecular flexibility index (Phi) is 15.0. The second-order valence-corrected chi connectivity index (χ2v) is 4.85. The summed E-state index contributed by atoms with van der Waals surface area (Å²) in [6.45, 7) is 15.4. The van der Waals surface area contributed by atoms with Gasteiger partial charge >= 0.3 is 0 Å². The van der Waals surface area contributed by atoms with Crippen LogP contribution in [0.2, 0.25) is 0 Å². The van der Waals surface area contributed by atoms with Crippen LogP contribution in [0.15, 0.2) is 83.1 Å². The number of allylic oxidation sites excluding steroid dienone is 9. The predicted octanol–water partition coefficient (Wildman–Crippen LogP) is 6.33. The Balaban J connectivity index is 0. The molecule has 1 rings (SSSR count). The van der Waals surface area contributed by atoms with Crippen molar-refractivity contribution in [3.8, 4) is 0 Å². The van der Waals surface area contributed by atoms with Crippen molar-refractivity contribution >= 4 is 0 Å². The number of aliphatic hydroxyl groups is 2. The van der Waals surface area contributed by atoms with E-state index in [0.29, 0.717) is 12.0 Å². The molecule has 0 radical (unpaired) electrons. The van der Waals surface area contributed by atoms with E-state index in [-0.39, 0.29) is 23.7 Å². The van der Waals surface area contributed by atoms with Crippen LogP contribution in [0.4, 0.5) is 0 Å². The maximum absolute atomic E-state index is 10.2. The molecule has 0 aliphatic heterocycles. The van der Waals surface area contributed by atoms with Crippen molar-refractivity contribution in [3.63, 3.8) is 0 Å². The second-order valence-electron chi connectivity index (χ2n) is 4.85. The topological polar surface area (TPSA) is 63.4 Å². The molecule has 0 atom stereocenters. The molecule has 0 fully saturated rings. The molecule has 3 heteroatoms. The molecule has 3 nitrogen and oxygen atoms in total. The van der Waals surface area contributed by atoms with Crippen LogP contribution in [0.1, 0.15) is 54.4 Å². The summed E-state index contributed by atoms with van der Waals surface area (Å²) in [5.41, 5.74) is 2.30. The summed E-state index contributed by atoms with van der Waals surface area (Å²) in [5, 5.41) is 28.2. The molecule has 0 aromatic heterocycles. The lowest BCUT2D eigenvalue weighted by molar-refractivity contribution is 0.317. The van der Waals surface area contributed by atoms with Gasteiger partial charge in [0.2, 0.25) is 0 Å². The monoisotopic (exact) mass is 347 g/mol. The first-order valence-electron chi connectivity index (χ1n) is 8.85. The number of aliphatic hydroxyl groups excluding tert-OH is 2. The fraction of sp³-hybridized carbons (Fsp3) is 0.364. The average Bonchev–Trinajstić information content (AvgIpc) is 2.82. The van der Waals surface area contributed by atoms with Gasteiger partial charge in [0.15, 0.2) is 5.76 Å². The normalized spacial score (nSPS) is 15.3. The van der Waals surface area contributed by atoms with Gasteiger partial charge in [-0.05, 0) is 31.9 Å². The summed E-state index contributed by atoms with van der Waals surface area (Å²) in [6.07, 6.45) is 13.2. The van der Waals surface area contributed by atoms with Crippen molar-refractivity contribution in [2.24, 2.45) is 0 Å². The maximum Gasteiger partial charge on any atom is 0.261 e. The van der Waals surface area contributed by atoms with Gasteiger partial charge in [-0.25, -0.2) is 0 Å². The largest absolute Gasteiger partial charge is 0.593 e. The standard InChI is InChI=1S/C18H22O3.2C2H6/c1-4-6-7-14(5-2)12-17(20)18(21)15-10-8-13(3)9-11-16(15)19;2*1-2/h4-8,10-11,19-21H,1,9,12H2,2-3H3;2*1-2H3/p+1/b7-6-,14-5+,18-17-;;. The van der Waals surface area contributed by atoms with E-state index in [1.54, 1.807) is 24.3 Å². The van der Waals surface area contributed by atoms with Gasteiger partial charge in [-0.15, -0.1) is 0 Å². The molecule has 0 unspecified atom stereocenters. The molecule has 25 heavy (non-hydrogen) atoms. The first-order valence-corrected chi connectivity index (χ1v) is 8.85. The summed E-state index contributed by atoms with van der Waals surface area (Å²) in [5.74, 6) is -0.168. The highest BCUT2D eigenvalue weighted by Crippen LogP contribution is 2.25. The fourth-order valence-corrected chi connectivity index (χ4v) is 1.84. The van der Waals surface area contributed by atoms with Crippen molar-refractivity contribution in [2.75, 3.05) is 0 Å². The maximum atomic E-state index is 10.2. The van der Waals surface area contributed by atoms with E-state index in [9.17, 15) is 10.2 Å². The molecule has 0 amide bonds. The van der Waals surface area contributed by atoms with E-state index < -0.39 is 0 Å². The second kappa shape index (κ2) is 15.1. The van der Waals surface area contributed by atoms with Gasteiger partial charge in [-0.3, -0.25) is 0 Å². The highest BCUT2D eigenvalue weighted by molar-refractivity contribution is 5.46. The lowest BCUT2D eigenvalue weighted by Gasteiger charge is -2.07. The first-order chi connectivity index (χ1) is 12.0. The van der Waals surface area contributed by atoms with E-state index in [2.05, 4.69) is 6.58 Å². The molecule has 0 saturated heterocycles. The van der Waals surface area contributed by atoms with Gasteiger partial charge < -0.3 is 15.3 Å². The number of hydrogen-bond acceptors (Lipinski definition) is 2. The fourth-order valence-electron chi connectivity index (χ4n) is 1.84. The summed E-state index contributed by atoms with van der Waals surface area (Å²) in [7, 11) is 0. The third kappa shape index (κ3) is 9.46. The Bertz CT molecular complexity index is 582.